The lowest BCUT2D eigenvalue weighted by atomic mass is 10.3. The predicted octanol–water partition coefficient (Wildman–Crippen LogP) is 3.41. The van der Waals surface area contributed by atoms with Gasteiger partial charge in [0, 0.05) is 6.20 Å². The summed E-state index contributed by atoms with van der Waals surface area (Å²) < 4.78 is 0. The molecular weight excluding hydrogens is 280 g/mol. The third-order valence-electron chi connectivity index (χ3n) is 2.48. The van der Waals surface area contributed by atoms with Gasteiger partial charge in [0.25, 0.3) is 0 Å². The van der Waals surface area contributed by atoms with Crippen LogP contribution in [0.15, 0.2) is 52.6 Å². The van der Waals surface area contributed by atoms with E-state index in [-0.39, 0.29) is 0 Å². The molecule has 3 rings (SSSR count). The Morgan fingerprint density at radius 1 is 0.947 bits per heavy atom. The largest absolute Gasteiger partial charge is 0.381 e. The van der Waals surface area contributed by atoms with Crippen LogP contribution in [-0.2, 0) is 0 Å². The third kappa shape index (κ3) is 2.47. The first-order valence-electron chi connectivity index (χ1n) is 5.54. The Labute approximate surface area is 119 Å². The number of benzene rings is 1. The van der Waals surface area contributed by atoms with Crippen LogP contribution in [0.25, 0.3) is 11.0 Å². The quantitative estimate of drug-likeness (QED) is 0.783. The fourth-order valence-corrected chi connectivity index (χ4v) is 2.60. The summed E-state index contributed by atoms with van der Waals surface area (Å²) in [5.41, 5.74) is 7.49. The first-order chi connectivity index (χ1) is 9.24. The Hall–Kier alpha value is -1.85. The molecule has 0 unspecified atom stereocenters. The number of rotatable bonds is 2. The molecule has 0 saturated heterocycles. The Kier molecular flexibility index (Phi) is 3.23. The highest BCUT2D eigenvalue weighted by molar-refractivity contribution is 7.99. The molecule has 19 heavy (non-hydrogen) atoms. The summed E-state index contributed by atoms with van der Waals surface area (Å²) in [4.78, 5) is 13.0. The molecule has 0 aliphatic heterocycles. The van der Waals surface area contributed by atoms with Crippen molar-refractivity contribution in [2.45, 2.75) is 10.1 Å². The van der Waals surface area contributed by atoms with Crippen LogP contribution in [0.1, 0.15) is 0 Å². The van der Waals surface area contributed by atoms with E-state index in [1.165, 1.54) is 11.8 Å². The van der Waals surface area contributed by atoms with Crippen molar-refractivity contribution in [2.24, 2.45) is 0 Å². The highest BCUT2D eigenvalue weighted by atomic mass is 35.5. The second-order valence-electron chi connectivity index (χ2n) is 3.80. The van der Waals surface area contributed by atoms with Crippen LogP contribution in [0.3, 0.4) is 0 Å². The first-order valence-corrected chi connectivity index (χ1v) is 6.74. The van der Waals surface area contributed by atoms with Crippen molar-refractivity contribution < 1.29 is 0 Å². The molecule has 0 radical (unpaired) electrons. The maximum absolute atomic E-state index is 6.07. The topological polar surface area (TPSA) is 64.7 Å². The van der Waals surface area contributed by atoms with Gasteiger partial charge in [0.1, 0.15) is 10.1 Å². The molecule has 0 aliphatic carbocycles. The Balaban J connectivity index is 2.06. The highest BCUT2D eigenvalue weighted by Crippen LogP contribution is 2.33. The van der Waals surface area contributed by atoms with Gasteiger partial charge in [-0.1, -0.05) is 23.7 Å². The monoisotopic (exact) mass is 288 g/mol. The molecule has 0 aliphatic rings. The minimum atomic E-state index is 0.380. The summed E-state index contributed by atoms with van der Waals surface area (Å²) in [6, 6.07) is 11.1. The van der Waals surface area contributed by atoms with Gasteiger partial charge in [0.15, 0.2) is 5.82 Å². The number of nitrogen functional groups attached to an aromatic ring is 1. The molecule has 2 heterocycles. The van der Waals surface area contributed by atoms with E-state index < -0.39 is 0 Å². The van der Waals surface area contributed by atoms with E-state index in [4.69, 9.17) is 17.3 Å². The maximum atomic E-state index is 6.07. The average molecular weight is 289 g/mol. The smallest absolute Gasteiger partial charge is 0.157 e. The molecule has 6 heteroatoms. The van der Waals surface area contributed by atoms with Gasteiger partial charge in [-0.15, -0.1) is 0 Å². The van der Waals surface area contributed by atoms with Crippen molar-refractivity contribution in [1.82, 2.24) is 15.0 Å². The van der Waals surface area contributed by atoms with E-state index in [0.29, 0.717) is 20.9 Å². The number of aromatic nitrogens is 3. The van der Waals surface area contributed by atoms with E-state index in [0.717, 1.165) is 11.0 Å². The van der Waals surface area contributed by atoms with E-state index in [1.807, 2.05) is 24.3 Å². The predicted molar refractivity (Wildman–Crippen MR) is 77.3 cm³/mol. The van der Waals surface area contributed by atoms with Crippen LogP contribution in [0, 0.1) is 0 Å². The Morgan fingerprint density at radius 2 is 1.68 bits per heavy atom. The molecule has 0 spiro atoms. The zero-order chi connectivity index (χ0) is 13.2. The van der Waals surface area contributed by atoms with Crippen molar-refractivity contribution in [1.29, 1.82) is 0 Å². The van der Waals surface area contributed by atoms with E-state index in [1.54, 1.807) is 18.3 Å². The zero-order valence-corrected chi connectivity index (χ0v) is 11.3. The van der Waals surface area contributed by atoms with Crippen molar-refractivity contribution in [3.05, 3.63) is 47.6 Å². The second-order valence-corrected chi connectivity index (χ2v) is 5.18. The molecule has 0 amide bonds. The summed E-state index contributed by atoms with van der Waals surface area (Å²) >= 11 is 7.39. The number of nitrogens with two attached hydrogens (primary N) is 1. The lowest BCUT2D eigenvalue weighted by molar-refractivity contribution is 1.09. The molecule has 0 saturated carbocycles. The molecule has 94 valence electrons. The molecule has 0 atom stereocenters. The molecular formula is C13H9ClN4S. The highest BCUT2D eigenvalue weighted by Gasteiger charge is 2.10. The fraction of sp³-hybridized carbons (Fsp3) is 0. The molecule has 0 bridgehead atoms. The van der Waals surface area contributed by atoms with Crippen LogP contribution in [0.5, 0.6) is 0 Å². The van der Waals surface area contributed by atoms with Gasteiger partial charge in [-0.3, -0.25) is 0 Å². The summed E-state index contributed by atoms with van der Waals surface area (Å²) in [5, 5.41) is 1.85. The Morgan fingerprint density at radius 3 is 2.42 bits per heavy atom. The van der Waals surface area contributed by atoms with Gasteiger partial charge >= 0.3 is 0 Å². The number of anilines is 1. The van der Waals surface area contributed by atoms with Gasteiger partial charge in [-0.25, -0.2) is 15.0 Å². The van der Waals surface area contributed by atoms with Gasteiger partial charge in [0.2, 0.25) is 0 Å². The van der Waals surface area contributed by atoms with Gasteiger partial charge in [-0.2, -0.15) is 0 Å². The first kappa shape index (κ1) is 12.2. The lowest BCUT2D eigenvalue weighted by Crippen LogP contribution is -1.97. The number of halogens is 1. The number of pyridine rings is 1. The fourth-order valence-electron chi connectivity index (χ4n) is 1.61. The van der Waals surface area contributed by atoms with Gasteiger partial charge in [-0.05, 0) is 36.0 Å². The molecule has 1 aromatic carbocycles. The summed E-state index contributed by atoms with van der Waals surface area (Å²) in [7, 11) is 0. The third-order valence-corrected chi connectivity index (χ3v) is 3.91. The lowest BCUT2D eigenvalue weighted by Gasteiger charge is -2.06. The maximum Gasteiger partial charge on any atom is 0.157 e. The van der Waals surface area contributed by atoms with Gasteiger partial charge < -0.3 is 5.73 Å². The van der Waals surface area contributed by atoms with Crippen LogP contribution in [0.4, 0.5) is 5.82 Å². The SMILES string of the molecule is Nc1nc2ccccc2nc1Sc1ncccc1Cl. The Bertz CT molecular complexity index is 748. The summed E-state index contributed by atoms with van der Waals surface area (Å²) in [5.74, 6) is 0.380. The van der Waals surface area contributed by atoms with E-state index >= 15 is 0 Å². The number of nitrogens with zero attached hydrogens (tertiary/aromatic N) is 3. The molecule has 4 nitrogen and oxygen atoms in total. The van der Waals surface area contributed by atoms with Crippen molar-refractivity contribution in [3.8, 4) is 0 Å². The van der Waals surface area contributed by atoms with Crippen LogP contribution < -0.4 is 5.73 Å². The van der Waals surface area contributed by atoms with Crippen LogP contribution >= 0.6 is 23.4 Å². The number of para-hydroxylation sites is 2. The average Bonchev–Trinajstić information content (AvgIpc) is 2.42. The zero-order valence-electron chi connectivity index (χ0n) is 9.75. The number of hydrogen-bond acceptors (Lipinski definition) is 5. The second kappa shape index (κ2) is 5.03. The van der Waals surface area contributed by atoms with Crippen molar-refractivity contribution in [2.75, 3.05) is 5.73 Å². The molecule has 3 aromatic rings. The number of hydrogen-bond donors (Lipinski definition) is 1. The summed E-state index contributed by atoms with van der Waals surface area (Å²) in [6.07, 6.45) is 1.68. The summed E-state index contributed by atoms with van der Waals surface area (Å²) in [6.45, 7) is 0. The minimum Gasteiger partial charge on any atom is -0.381 e. The van der Waals surface area contributed by atoms with Gasteiger partial charge in [0.05, 0.1) is 16.1 Å². The van der Waals surface area contributed by atoms with E-state index in [2.05, 4.69) is 15.0 Å². The normalized spacial score (nSPS) is 10.8. The van der Waals surface area contributed by atoms with Crippen LogP contribution in [0.2, 0.25) is 5.02 Å². The molecule has 2 N–H and O–H groups in total. The molecule has 2 aromatic heterocycles. The van der Waals surface area contributed by atoms with Crippen molar-refractivity contribution >= 4 is 40.2 Å². The van der Waals surface area contributed by atoms with E-state index in [9.17, 15) is 0 Å². The minimum absolute atomic E-state index is 0.380. The standard InChI is InChI=1S/C13H9ClN4S/c14-8-4-3-7-16-12(8)19-13-11(15)17-9-5-1-2-6-10(9)18-13/h1-7H,(H2,15,17). The number of fused-ring (bicyclic) bond motifs is 1. The van der Waals surface area contributed by atoms with Crippen molar-refractivity contribution in [3.63, 3.8) is 0 Å². The van der Waals surface area contributed by atoms with Crippen LogP contribution in [-0.4, -0.2) is 15.0 Å². The molecule has 0 fully saturated rings.